The Labute approximate surface area is 116 Å². The van der Waals surface area contributed by atoms with Crippen molar-refractivity contribution in [3.8, 4) is 0 Å². The minimum absolute atomic E-state index is 0.708. The third-order valence-corrected chi connectivity index (χ3v) is 5.67. The molecule has 0 aliphatic carbocycles. The number of aryl methyl sites for hydroxylation is 1. The molecule has 1 saturated heterocycles. The molecule has 0 bridgehead atoms. The normalized spacial score (nSPS) is 18.6. The maximum atomic E-state index is 4.48. The second kappa shape index (κ2) is 5.15. The van der Waals surface area contributed by atoms with Gasteiger partial charge < -0.3 is 4.90 Å². The number of hydrogen-bond donors (Lipinski definition) is 0. The van der Waals surface area contributed by atoms with Gasteiger partial charge in [-0.1, -0.05) is 0 Å². The van der Waals surface area contributed by atoms with Gasteiger partial charge in [0, 0.05) is 15.5 Å². The first-order valence-electron chi connectivity index (χ1n) is 6.29. The lowest BCUT2D eigenvalue weighted by molar-refractivity contribution is 0.282. The van der Waals surface area contributed by atoms with E-state index in [4.69, 9.17) is 0 Å². The number of likely N-dealkylation sites (tertiary alicyclic amines) is 1. The van der Waals surface area contributed by atoms with Crippen molar-refractivity contribution in [1.29, 1.82) is 0 Å². The van der Waals surface area contributed by atoms with E-state index >= 15 is 0 Å². The summed E-state index contributed by atoms with van der Waals surface area (Å²) in [6, 6.07) is 2.22. The summed E-state index contributed by atoms with van der Waals surface area (Å²) >= 11 is 3.69. The highest BCUT2D eigenvalue weighted by Gasteiger charge is 2.19. The third kappa shape index (κ3) is 2.53. The number of hydrogen-bond acceptors (Lipinski definition) is 5. The first-order valence-corrected chi connectivity index (χ1v) is 7.98. The summed E-state index contributed by atoms with van der Waals surface area (Å²) in [5, 5.41) is 3.11. The zero-order valence-corrected chi connectivity index (χ0v) is 12.4. The van der Waals surface area contributed by atoms with Crippen molar-refractivity contribution in [3.05, 3.63) is 17.3 Å². The van der Waals surface area contributed by atoms with Gasteiger partial charge in [-0.3, -0.25) is 0 Å². The lowest BCUT2D eigenvalue weighted by atomic mass is 10.1. The van der Waals surface area contributed by atoms with Crippen LogP contribution in [0.3, 0.4) is 0 Å². The van der Waals surface area contributed by atoms with Crippen LogP contribution in [-0.2, 0) is 0 Å². The molecule has 3 nitrogen and oxygen atoms in total. The van der Waals surface area contributed by atoms with Gasteiger partial charge in [0.15, 0.2) is 0 Å². The molecule has 2 aromatic rings. The number of aromatic nitrogens is 2. The molecule has 0 amide bonds. The average molecular weight is 279 g/mol. The average Bonchev–Trinajstić information content (AvgIpc) is 2.73. The molecule has 1 aliphatic heterocycles. The summed E-state index contributed by atoms with van der Waals surface area (Å²) in [5.41, 5.74) is 0. The molecule has 5 heteroatoms. The van der Waals surface area contributed by atoms with Gasteiger partial charge in [0.05, 0.1) is 0 Å². The molecule has 0 saturated carbocycles. The van der Waals surface area contributed by atoms with Crippen LogP contribution in [0.15, 0.2) is 17.4 Å². The largest absolute Gasteiger partial charge is 0.306 e. The van der Waals surface area contributed by atoms with Crippen LogP contribution >= 0.6 is 23.1 Å². The van der Waals surface area contributed by atoms with Crippen LogP contribution in [0.4, 0.5) is 0 Å². The van der Waals surface area contributed by atoms with Gasteiger partial charge >= 0.3 is 0 Å². The van der Waals surface area contributed by atoms with Crippen molar-refractivity contribution < 1.29 is 0 Å². The molecule has 2 aromatic heterocycles. The van der Waals surface area contributed by atoms with Crippen molar-refractivity contribution in [1.82, 2.24) is 14.9 Å². The van der Waals surface area contributed by atoms with Gasteiger partial charge in [0.1, 0.15) is 16.2 Å². The molecular formula is C13H17N3S2. The summed E-state index contributed by atoms with van der Waals surface area (Å²) in [7, 11) is 2.20. The van der Waals surface area contributed by atoms with Crippen LogP contribution in [0.25, 0.3) is 10.2 Å². The SMILES string of the molecule is Cc1cc2c(SC3CCN(C)CC3)ncnc2s1. The second-order valence-electron chi connectivity index (χ2n) is 4.88. The predicted molar refractivity (Wildman–Crippen MR) is 78.5 cm³/mol. The summed E-state index contributed by atoms with van der Waals surface area (Å²) < 4.78 is 0. The Morgan fingerprint density at radius 1 is 1.33 bits per heavy atom. The van der Waals surface area contributed by atoms with Gasteiger partial charge in [-0.05, 0) is 46.0 Å². The Hall–Kier alpha value is -0.650. The zero-order chi connectivity index (χ0) is 12.5. The first kappa shape index (κ1) is 12.4. The number of thiophene rings is 1. The van der Waals surface area contributed by atoms with E-state index in [0.717, 1.165) is 4.83 Å². The molecule has 96 valence electrons. The number of fused-ring (bicyclic) bond motifs is 1. The highest BCUT2D eigenvalue weighted by molar-refractivity contribution is 8.00. The Kier molecular flexibility index (Phi) is 3.54. The van der Waals surface area contributed by atoms with E-state index in [0.29, 0.717) is 5.25 Å². The van der Waals surface area contributed by atoms with E-state index in [1.54, 1.807) is 17.7 Å². The standard InChI is InChI=1S/C13H17N3S2/c1-9-7-11-12(17-9)14-8-15-13(11)18-10-3-5-16(2)6-4-10/h7-8,10H,3-6H2,1-2H3. The lowest BCUT2D eigenvalue weighted by Crippen LogP contribution is -2.31. The monoisotopic (exact) mass is 279 g/mol. The van der Waals surface area contributed by atoms with E-state index < -0.39 is 0 Å². The van der Waals surface area contributed by atoms with E-state index in [1.165, 1.54) is 41.2 Å². The van der Waals surface area contributed by atoms with Crippen molar-refractivity contribution >= 4 is 33.3 Å². The van der Waals surface area contributed by atoms with E-state index in [9.17, 15) is 0 Å². The van der Waals surface area contributed by atoms with Gasteiger partial charge in [-0.15, -0.1) is 23.1 Å². The number of thioether (sulfide) groups is 1. The topological polar surface area (TPSA) is 29.0 Å². The summed E-state index contributed by atoms with van der Waals surface area (Å²) in [4.78, 5) is 13.7. The Bertz CT molecular complexity index is 544. The minimum atomic E-state index is 0.708. The van der Waals surface area contributed by atoms with Crippen molar-refractivity contribution in [2.75, 3.05) is 20.1 Å². The highest BCUT2D eigenvalue weighted by atomic mass is 32.2. The number of nitrogens with zero attached hydrogens (tertiary/aromatic N) is 3. The molecule has 1 fully saturated rings. The van der Waals surface area contributed by atoms with Crippen LogP contribution in [0, 0.1) is 6.92 Å². The predicted octanol–water partition coefficient (Wildman–Crippen LogP) is 3.19. The fraction of sp³-hybridized carbons (Fsp3) is 0.538. The summed E-state index contributed by atoms with van der Waals surface area (Å²) in [5.74, 6) is 0. The van der Waals surface area contributed by atoms with Crippen LogP contribution < -0.4 is 0 Å². The molecule has 18 heavy (non-hydrogen) atoms. The van der Waals surface area contributed by atoms with Crippen LogP contribution in [-0.4, -0.2) is 40.3 Å². The molecule has 0 atom stereocenters. The molecule has 0 radical (unpaired) electrons. The van der Waals surface area contributed by atoms with Gasteiger partial charge in [-0.2, -0.15) is 0 Å². The second-order valence-corrected chi connectivity index (χ2v) is 7.40. The van der Waals surface area contributed by atoms with Crippen molar-refractivity contribution in [2.45, 2.75) is 30.0 Å². The van der Waals surface area contributed by atoms with Gasteiger partial charge in [0.2, 0.25) is 0 Å². The summed E-state index contributed by atoms with van der Waals surface area (Å²) in [6.45, 7) is 4.54. The van der Waals surface area contributed by atoms with E-state index in [1.807, 2.05) is 11.8 Å². The highest BCUT2D eigenvalue weighted by Crippen LogP contribution is 2.35. The molecule has 3 rings (SSSR count). The summed E-state index contributed by atoms with van der Waals surface area (Å²) in [6.07, 6.45) is 4.22. The molecule has 0 unspecified atom stereocenters. The molecular weight excluding hydrogens is 262 g/mol. The quantitative estimate of drug-likeness (QED) is 0.790. The molecule has 0 aromatic carbocycles. The van der Waals surface area contributed by atoms with Crippen molar-refractivity contribution in [2.24, 2.45) is 0 Å². The Morgan fingerprint density at radius 3 is 2.89 bits per heavy atom. The van der Waals surface area contributed by atoms with Gasteiger partial charge in [-0.25, -0.2) is 9.97 Å². The maximum absolute atomic E-state index is 4.48. The Morgan fingerprint density at radius 2 is 2.11 bits per heavy atom. The van der Waals surface area contributed by atoms with Crippen LogP contribution in [0.1, 0.15) is 17.7 Å². The molecule has 1 aliphatic rings. The fourth-order valence-corrected chi connectivity index (χ4v) is 4.37. The fourth-order valence-electron chi connectivity index (χ4n) is 2.31. The van der Waals surface area contributed by atoms with Crippen LogP contribution in [0.5, 0.6) is 0 Å². The van der Waals surface area contributed by atoms with Crippen LogP contribution in [0.2, 0.25) is 0 Å². The van der Waals surface area contributed by atoms with E-state index in [-0.39, 0.29) is 0 Å². The number of piperidine rings is 1. The third-order valence-electron chi connectivity index (χ3n) is 3.36. The van der Waals surface area contributed by atoms with Gasteiger partial charge in [0.25, 0.3) is 0 Å². The minimum Gasteiger partial charge on any atom is -0.306 e. The molecule has 3 heterocycles. The Balaban J connectivity index is 1.82. The number of rotatable bonds is 2. The zero-order valence-electron chi connectivity index (χ0n) is 10.7. The first-order chi connectivity index (χ1) is 8.72. The maximum Gasteiger partial charge on any atom is 0.128 e. The smallest absolute Gasteiger partial charge is 0.128 e. The molecule has 0 N–H and O–H groups in total. The lowest BCUT2D eigenvalue weighted by Gasteiger charge is -2.28. The van der Waals surface area contributed by atoms with E-state index in [2.05, 4.69) is 34.9 Å². The van der Waals surface area contributed by atoms with Crippen molar-refractivity contribution in [3.63, 3.8) is 0 Å². The molecule has 0 spiro atoms.